The SMILES string of the molecule is O=C(O)CCc1nc2ccc(-n3c4c(c5ccccc5c3=O)C(=O)c3ccccc3-4)cc2[nH]1. The number of pyridine rings is 1. The molecule has 7 nitrogen and oxygen atoms in total. The summed E-state index contributed by atoms with van der Waals surface area (Å²) in [6.45, 7) is 0. The molecule has 0 saturated heterocycles. The Hall–Kier alpha value is -4.52. The van der Waals surface area contributed by atoms with Gasteiger partial charge in [-0.25, -0.2) is 4.98 Å². The molecule has 0 fully saturated rings. The van der Waals surface area contributed by atoms with Crippen molar-refractivity contribution in [2.75, 3.05) is 0 Å². The molecule has 0 amide bonds. The van der Waals surface area contributed by atoms with E-state index >= 15 is 0 Å². The molecule has 1 aliphatic carbocycles. The second kappa shape index (κ2) is 7.00. The van der Waals surface area contributed by atoms with Gasteiger partial charge in [-0.15, -0.1) is 0 Å². The van der Waals surface area contributed by atoms with Crippen LogP contribution in [-0.4, -0.2) is 31.4 Å². The summed E-state index contributed by atoms with van der Waals surface area (Å²) < 4.78 is 1.60. The highest BCUT2D eigenvalue weighted by atomic mass is 16.4. The molecule has 33 heavy (non-hydrogen) atoms. The summed E-state index contributed by atoms with van der Waals surface area (Å²) in [4.78, 5) is 45.6. The number of hydrogen-bond acceptors (Lipinski definition) is 4. The average molecular weight is 435 g/mol. The van der Waals surface area contributed by atoms with Crippen molar-refractivity contribution in [2.24, 2.45) is 0 Å². The van der Waals surface area contributed by atoms with Crippen molar-refractivity contribution >= 4 is 33.6 Å². The summed E-state index contributed by atoms with van der Waals surface area (Å²) in [7, 11) is 0. The van der Waals surface area contributed by atoms with Crippen LogP contribution in [0.2, 0.25) is 0 Å². The first kappa shape index (κ1) is 19.2. The lowest BCUT2D eigenvalue weighted by Gasteiger charge is -2.15. The number of H-pyrrole nitrogens is 1. The standard InChI is InChI=1S/C26H17N3O4/c30-22(31)12-11-21-27-19-10-9-14(13-20(19)28-21)29-24-16-6-2-3-7-17(16)25(32)23(24)15-5-1-4-8-18(15)26(29)33/h1-10,13H,11-12H2,(H,27,28)(H,30,31). The number of nitrogens with zero attached hydrogens (tertiary/aromatic N) is 2. The van der Waals surface area contributed by atoms with Gasteiger partial charge >= 0.3 is 5.97 Å². The smallest absolute Gasteiger partial charge is 0.303 e. The average Bonchev–Trinajstić information content (AvgIpc) is 3.37. The van der Waals surface area contributed by atoms with Crippen LogP contribution >= 0.6 is 0 Å². The van der Waals surface area contributed by atoms with Gasteiger partial charge < -0.3 is 10.1 Å². The number of rotatable bonds is 4. The number of carbonyl (C=O) groups is 2. The molecule has 2 heterocycles. The fourth-order valence-corrected chi connectivity index (χ4v) is 4.64. The number of aromatic amines is 1. The fraction of sp³-hybridized carbons (Fsp3) is 0.0769. The van der Waals surface area contributed by atoms with Crippen molar-refractivity contribution in [1.82, 2.24) is 14.5 Å². The third-order valence-corrected chi connectivity index (χ3v) is 6.09. The third-order valence-electron chi connectivity index (χ3n) is 6.09. The van der Waals surface area contributed by atoms with E-state index < -0.39 is 5.97 Å². The Balaban J connectivity index is 1.63. The van der Waals surface area contributed by atoms with Crippen LogP contribution in [0.4, 0.5) is 0 Å². The molecule has 6 rings (SSSR count). The number of carboxylic acid groups (broad SMARTS) is 1. The van der Waals surface area contributed by atoms with Crippen LogP contribution in [0.5, 0.6) is 0 Å². The molecule has 5 aromatic rings. The van der Waals surface area contributed by atoms with E-state index in [-0.39, 0.29) is 24.2 Å². The fourth-order valence-electron chi connectivity index (χ4n) is 4.64. The Bertz CT molecular complexity index is 1690. The monoisotopic (exact) mass is 435 g/mol. The predicted octanol–water partition coefficient (Wildman–Crippen LogP) is 4.10. The number of aromatic nitrogens is 3. The normalized spacial score (nSPS) is 12.3. The summed E-state index contributed by atoms with van der Waals surface area (Å²) in [5.74, 6) is -0.414. The lowest BCUT2D eigenvalue weighted by Crippen LogP contribution is -2.21. The minimum absolute atomic E-state index is 0.0246. The van der Waals surface area contributed by atoms with Crippen molar-refractivity contribution in [3.8, 4) is 16.9 Å². The maximum absolute atomic E-state index is 13.7. The van der Waals surface area contributed by atoms with Gasteiger partial charge in [-0.05, 0) is 24.3 Å². The first-order valence-electron chi connectivity index (χ1n) is 10.6. The van der Waals surface area contributed by atoms with Gasteiger partial charge in [0.15, 0.2) is 5.78 Å². The molecule has 3 aromatic carbocycles. The molecule has 0 saturated carbocycles. The summed E-state index contributed by atoms with van der Waals surface area (Å²) in [6.07, 6.45) is 0.260. The number of benzene rings is 3. The van der Waals surface area contributed by atoms with Crippen molar-refractivity contribution in [1.29, 1.82) is 0 Å². The molecule has 2 aromatic heterocycles. The minimum Gasteiger partial charge on any atom is -0.481 e. The van der Waals surface area contributed by atoms with E-state index in [1.165, 1.54) is 0 Å². The van der Waals surface area contributed by atoms with Gasteiger partial charge in [-0.3, -0.25) is 19.0 Å². The number of imidazole rings is 1. The van der Waals surface area contributed by atoms with Gasteiger partial charge in [-0.2, -0.15) is 0 Å². The molecule has 0 spiro atoms. The van der Waals surface area contributed by atoms with E-state index in [2.05, 4.69) is 9.97 Å². The van der Waals surface area contributed by atoms with Gasteiger partial charge in [0.05, 0.1) is 34.4 Å². The quantitative estimate of drug-likeness (QED) is 0.434. The molecule has 160 valence electrons. The first-order valence-corrected chi connectivity index (χ1v) is 10.6. The molecule has 0 unspecified atom stereocenters. The van der Waals surface area contributed by atoms with Crippen molar-refractivity contribution in [3.63, 3.8) is 0 Å². The molecule has 0 bridgehead atoms. The molecule has 7 heteroatoms. The second-order valence-corrected chi connectivity index (χ2v) is 8.06. The second-order valence-electron chi connectivity index (χ2n) is 8.06. The van der Waals surface area contributed by atoms with Gasteiger partial charge in [0.25, 0.3) is 5.56 Å². The Kier molecular flexibility index (Phi) is 4.07. The lowest BCUT2D eigenvalue weighted by molar-refractivity contribution is -0.137. The number of aryl methyl sites for hydroxylation is 1. The van der Waals surface area contributed by atoms with Crippen LogP contribution in [0.3, 0.4) is 0 Å². The van der Waals surface area contributed by atoms with E-state index in [9.17, 15) is 14.4 Å². The van der Waals surface area contributed by atoms with E-state index in [0.717, 1.165) is 5.56 Å². The van der Waals surface area contributed by atoms with Crippen LogP contribution in [0.25, 0.3) is 38.8 Å². The lowest BCUT2D eigenvalue weighted by atomic mass is 10.0. The van der Waals surface area contributed by atoms with Crippen LogP contribution in [0, 0.1) is 0 Å². The summed E-state index contributed by atoms with van der Waals surface area (Å²) in [5, 5.41) is 10.1. The topological polar surface area (TPSA) is 105 Å². The highest BCUT2D eigenvalue weighted by Crippen LogP contribution is 2.40. The molecule has 0 radical (unpaired) electrons. The highest BCUT2D eigenvalue weighted by Gasteiger charge is 2.32. The number of carboxylic acids is 1. The third kappa shape index (κ3) is 2.82. The van der Waals surface area contributed by atoms with Gasteiger partial charge in [-0.1, -0.05) is 42.5 Å². The number of carbonyl (C=O) groups excluding carboxylic acids is 1. The Morgan fingerprint density at radius 2 is 1.67 bits per heavy atom. The van der Waals surface area contributed by atoms with Crippen LogP contribution < -0.4 is 5.56 Å². The highest BCUT2D eigenvalue weighted by molar-refractivity contribution is 6.26. The van der Waals surface area contributed by atoms with Crippen LogP contribution in [0.15, 0.2) is 71.5 Å². The van der Waals surface area contributed by atoms with E-state index in [4.69, 9.17) is 5.11 Å². The number of ketones is 1. The number of fused-ring (bicyclic) bond motifs is 6. The van der Waals surface area contributed by atoms with Gasteiger partial charge in [0.2, 0.25) is 0 Å². The zero-order chi connectivity index (χ0) is 22.7. The number of nitrogens with one attached hydrogen (secondary N) is 1. The molecule has 1 aliphatic rings. The maximum atomic E-state index is 13.7. The van der Waals surface area contributed by atoms with Crippen LogP contribution in [0.1, 0.15) is 28.2 Å². The molecule has 0 aliphatic heterocycles. The Morgan fingerprint density at radius 1 is 0.939 bits per heavy atom. The summed E-state index contributed by atoms with van der Waals surface area (Å²) >= 11 is 0. The van der Waals surface area contributed by atoms with Gasteiger partial charge in [0, 0.05) is 28.3 Å². The number of aliphatic carboxylic acids is 1. The van der Waals surface area contributed by atoms with Crippen molar-refractivity contribution in [3.05, 3.63) is 94.0 Å². The van der Waals surface area contributed by atoms with Crippen molar-refractivity contribution < 1.29 is 14.7 Å². The van der Waals surface area contributed by atoms with E-state index in [1.54, 1.807) is 34.9 Å². The van der Waals surface area contributed by atoms with Crippen LogP contribution in [-0.2, 0) is 11.2 Å². The Morgan fingerprint density at radius 3 is 2.45 bits per heavy atom. The summed E-state index contributed by atoms with van der Waals surface area (Å²) in [5.41, 5.74) is 4.19. The van der Waals surface area contributed by atoms with Crippen molar-refractivity contribution in [2.45, 2.75) is 12.8 Å². The zero-order valence-corrected chi connectivity index (χ0v) is 17.3. The van der Waals surface area contributed by atoms with E-state index in [1.807, 2.05) is 36.4 Å². The molecular weight excluding hydrogens is 418 g/mol. The van der Waals surface area contributed by atoms with Gasteiger partial charge in [0.1, 0.15) is 5.82 Å². The molecule has 2 N–H and O–H groups in total. The minimum atomic E-state index is -0.891. The predicted molar refractivity (Wildman–Crippen MR) is 124 cm³/mol. The largest absolute Gasteiger partial charge is 0.481 e. The molecular formula is C26H17N3O4. The number of hydrogen-bond donors (Lipinski definition) is 2. The molecule has 0 atom stereocenters. The maximum Gasteiger partial charge on any atom is 0.303 e. The summed E-state index contributed by atoms with van der Waals surface area (Å²) in [6, 6.07) is 19.9. The Labute approximate surface area is 187 Å². The zero-order valence-electron chi connectivity index (χ0n) is 17.3. The van der Waals surface area contributed by atoms with E-state index in [0.29, 0.717) is 50.1 Å². The first-order chi connectivity index (χ1) is 16.0.